The van der Waals surface area contributed by atoms with E-state index in [0.717, 1.165) is 42.2 Å². The Morgan fingerprint density at radius 2 is 1.14 bits per heavy atom. The molecule has 0 heterocycles. The molecule has 3 heteroatoms. The second-order valence-corrected chi connectivity index (χ2v) is 10.7. The highest BCUT2D eigenvalue weighted by Crippen LogP contribution is 2.34. The van der Waals surface area contributed by atoms with E-state index < -0.39 is 5.82 Å². The van der Waals surface area contributed by atoms with E-state index in [1.807, 2.05) is 6.07 Å². The second-order valence-electron chi connectivity index (χ2n) is 10.3. The lowest BCUT2D eigenvalue weighted by atomic mass is 9.77. The summed E-state index contributed by atoms with van der Waals surface area (Å²) in [6, 6.07) is 19.6. The first kappa shape index (κ1) is 25.9. The molecule has 0 radical (unpaired) electrons. The third-order valence-corrected chi connectivity index (χ3v) is 8.17. The molecule has 186 valence electrons. The summed E-state index contributed by atoms with van der Waals surface area (Å²) in [5.74, 6) is 1.05. The Hall–Kier alpha value is -2.19. The lowest BCUT2D eigenvalue weighted by Gasteiger charge is -2.28. The number of benzene rings is 3. The van der Waals surface area contributed by atoms with Crippen molar-refractivity contribution in [2.45, 2.75) is 77.6 Å². The van der Waals surface area contributed by atoms with Crippen molar-refractivity contribution in [3.05, 3.63) is 105 Å². The standard InChI is InChI=1S/C32H37ClF2/c1-2-23-3-5-24(6-4-23)7-8-25-9-11-26(12-10-25)13-14-27-15-18-29(31(34)21-27)19-16-28-17-20-30(33)32(35)22-28/h3-6,15,17-18,20-22,25-26H,2,7-14,16,19H2,1H3. The number of aryl methyl sites for hydroxylation is 5. The van der Waals surface area contributed by atoms with E-state index in [1.54, 1.807) is 18.2 Å². The van der Waals surface area contributed by atoms with E-state index in [9.17, 15) is 8.78 Å². The van der Waals surface area contributed by atoms with E-state index in [0.29, 0.717) is 18.4 Å². The predicted octanol–water partition coefficient (Wildman–Crippen LogP) is 9.34. The fourth-order valence-electron chi connectivity index (χ4n) is 5.42. The van der Waals surface area contributed by atoms with Crippen LogP contribution in [0.15, 0.2) is 60.7 Å². The zero-order valence-corrected chi connectivity index (χ0v) is 21.6. The van der Waals surface area contributed by atoms with Crippen LogP contribution in [-0.4, -0.2) is 0 Å². The first-order chi connectivity index (χ1) is 17.0. The number of hydrogen-bond donors (Lipinski definition) is 0. The van der Waals surface area contributed by atoms with Crippen LogP contribution in [0, 0.1) is 23.5 Å². The van der Waals surface area contributed by atoms with Gasteiger partial charge in [0.15, 0.2) is 0 Å². The van der Waals surface area contributed by atoms with Crippen molar-refractivity contribution in [2.24, 2.45) is 11.8 Å². The fourth-order valence-corrected chi connectivity index (χ4v) is 5.53. The van der Waals surface area contributed by atoms with E-state index in [2.05, 4.69) is 37.3 Å². The van der Waals surface area contributed by atoms with Crippen LogP contribution in [0.4, 0.5) is 8.78 Å². The largest absolute Gasteiger partial charge is 0.207 e. The van der Waals surface area contributed by atoms with Gasteiger partial charge in [0.2, 0.25) is 0 Å². The average molecular weight is 495 g/mol. The van der Waals surface area contributed by atoms with Crippen molar-refractivity contribution in [1.29, 1.82) is 0 Å². The first-order valence-electron chi connectivity index (χ1n) is 13.3. The summed E-state index contributed by atoms with van der Waals surface area (Å²) < 4.78 is 28.3. The van der Waals surface area contributed by atoms with Crippen molar-refractivity contribution >= 4 is 11.6 Å². The highest BCUT2D eigenvalue weighted by atomic mass is 35.5. The summed E-state index contributed by atoms with van der Waals surface area (Å²) in [4.78, 5) is 0. The van der Waals surface area contributed by atoms with Gasteiger partial charge < -0.3 is 0 Å². The normalized spacial score (nSPS) is 18.1. The molecule has 0 aromatic heterocycles. The van der Waals surface area contributed by atoms with Gasteiger partial charge >= 0.3 is 0 Å². The minimum absolute atomic E-state index is 0.121. The quantitative estimate of drug-likeness (QED) is 0.263. The SMILES string of the molecule is CCc1ccc(CCC2CCC(CCc3ccc(CCc4ccc(Cl)c(F)c4)c(F)c3)CC2)cc1. The molecule has 0 saturated heterocycles. The van der Waals surface area contributed by atoms with Crippen LogP contribution in [0.3, 0.4) is 0 Å². The van der Waals surface area contributed by atoms with Gasteiger partial charge in [0.1, 0.15) is 11.6 Å². The number of hydrogen-bond acceptors (Lipinski definition) is 0. The molecule has 0 aliphatic heterocycles. The molecule has 0 bridgehead atoms. The van der Waals surface area contributed by atoms with Gasteiger partial charge in [0.05, 0.1) is 5.02 Å². The fraction of sp³-hybridized carbons (Fsp3) is 0.438. The third-order valence-electron chi connectivity index (χ3n) is 7.86. The molecule has 0 amide bonds. The summed E-state index contributed by atoms with van der Waals surface area (Å²) in [6.07, 6.45) is 12.1. The smallest absolute Gasteiger partial charge is 0.142 e. The zero-order chi connectivity index (χ0) is 24.6. The Kier molecular flexibility index (Phi) is 9.38. The number of halogens is 3. The molecule has 1 aliphatic carbocycles. The minimum atomic E-state index is -0.421. The van der Waals surface area contributed by atoms with Gasteiger partial charge in [0.25, 0.3) is 0 Å². The van der Waals surface area contributed by atoms with Crippen molar-refractivity contribution in [3.63, 3.8) is 0 Å². The van der Waals surface area contributed by atoms with Crippen LogP contribution in [0.25, 0.3) is 0 Å². The highest BCUT2D eigenvalue weighted by Gasteiger charge is 2.21. The average Bonchev–Trinajstić information content (AvgIpc) is 2.88. The van der Waals surface area contributed by atoms with E-state index in [4.69, 9.17) is 11.6 Å². The maximum absolute atomic E-state index is 14.7. The Balaban J connectivity index is 1.17. The van der Waals surface area contributed by atoms with Gasteiger partial charge in [-0.2, -0.15) is 0 Å². The van der Waals surface area contributed by atoms with Crippen LogP contribution in [0.2, 0.25) is 5.02 Å². The maximum atomic E-state index is 14.7. The van der Waals surface area contributed by atoms with Crippen LogP contribution in [-0.2, 0) is 32.1 Å². The molecule has 0 N–H and O–H groups in total. The summed E-state index contributed by atoms with van der Waals surface area (Å²) >= 11 is 5.74. The molecule has 0 spiro atoms. The Labute approximate surface area is 214 Å². The van der Waals surface area contributed by atoms with Crippen molar-refractivity contribution < 1.29 is 8.78 Å². The van der Waals surface area contributed by atoms with Gasteiger partial charge in [-0.3, -0.25) is 0 Å². The second kappa shape index (κ2) is 12.7. The molecule has 0 unspecified atom stereocenters. The molecule has 1 fully saturated rings. The molecule has 4 rings (SSSR count). The zero-order valence-electron chi connectivity index (χ0n) is 20.8. The third kappa shape index (κ3) is 7.64. The Bertz CT molecular complexity index is 1080. The topological polar surface area (TPSA) is 0 Å². The molecule has 1 saturated carbocycles. The molecule has 0 nitrogen and oxygen atoms in total. The van der Waals surface area contributed by atoms with E-state index in [-0.39, 0.29) is 10.8 Å². The van der Waals surface area contributed by atoms with Gasteiger partial charge in [0, 0.05) is 0 Å². The summed E-state index contributed by atoms with van der Waals surface area (Å²) in [6.45, 7) is 2.20. The summed E-state index contributed by atoms with van der Waals surface area (Å²) in [7, 11) is 0. The van der Waals surface area contributed by atoms with Crippen LogP contribution >= 0.6 is 11.6 Å². The van der Waals surface area contributed by atoms with Crippen LogP contribution in [0.5, 0.6) is 0 Å². The predicted molar refractivity (Wildman–Crippen MR) is 143 cm³/mol. The molecule has 1 aliphatic rings. The summed E-state index contributed by atoms with van der Waals surface area (Å²) in [5.41, 5.74) is 5.49. The molecular formula is C32H37ClF2. The lowest BCUT2D eigenvalue weighted by Crippen LogP contribution is -2.16. The first-order valence-corrected chi connectivity index (χ1v) is 13.7. The molecular weight excluding hydrogens is 458 g/mol. The Morgan fingerprint density at radius 3 is 1.74 bits per heavy atom. The van der Waals surface area contributed by atoms with Gasteiger partial charge in [-0.15, -0.1) is 0 Å². The maximum Gasteiger partial charge on any atom is 0.142 e. The minimum Gasteiger partial charge on any atom is -0.207 e. The molecule has 35 heavy (non-hydrogen) atoms. The molecule has 3 aromatic rings. The van der Waals surface area contributed by atoms with Gasteiger partial charge in [-0.05, 0) is 103 Å². The highest BCUT2D eigenvalue weighted by molar-refractivity contribution is 6.30. The summed E-state index contributed by atoms with van der Waals surface area (Å²) in [5, 5.41) is 0.121. The van der Waals surface area contributed by atoms with E-state index >= 15 is 0 Å². The van der Waals surface area contributed by atoms with Crippen LogP contribution < -0.4 is 0 Å². The Morgan fingerprint density at radius 1 is 0.629 bits per heavy atom. The van der Waals surface area contributed by atoms with Crippen molar-refractivity contribution in [1.82, 2.24) is 0 Å². The van der Waals surface area contributed by atoms with Crippen molar-refractivity contribution in [2.75, 3.05) is 0 Å². The van der Waals surface area contributed by atoms with Crippen molar-refractivity contribution in [3.8, 4) is 0 Å². The molecule has 3 aromatic carbocycles. The van der Waals surface area contributed by atoms with Gasteiger partial charge in [-0.1, -0.05) is 86.7 Å². The van der Waals surface area contributed by atoms with Gasteiger partial charge in [-0.25, -0.2) is 8.78 Å². The number of rotatable bonds is 10. The monoisotopic (exact) mass is 494 g/mol. The molecule has 0 atom stereocenters. The van der Waals surface area contributed by atoms with E-state index in [1.165, 1.54) is 55.7 Å². The lowest BCUT2D eigenvalue weighted by molar-refractivity contribution is 0.253. The van der Waals surface area contributed by atoms with Crippen LogP contribution in [0.1, 0.15) is 73.3 Å².